The average Bonchev–Trinajstić information content (AvgIpc) is 3.27. The molecule has 4 nitrogen and oxygen atoms in total. The highest BCUT2D eigenvalue weighted by molar-refractivity contribution is 6.62. The Kier molecular flexibility index (Phi) is 4.01. The van der Waals surface area contributed by atoms with Gasteiger partial charge in [-0.2, -0.15) is 0 Å². The minimum Gasteiger partial charge on any atom is -0.399 e. The second-order valence-corrected chi connectivity index (χ2v) is 9.15. The first-order valence-electron chi connectivity index (χ1n) is 9.56. The van der Waals surface area contributed by atoms with Crippen molar-refractivity contribution in [2.45, 2.75) is 64.6 Å². The van der Waals surface area contributed by atoms with Crippen LogP contribution in [0.2, 0.25) is 0 Å². The van der Waals surface area contributed by atoms with E-state index < -0.39 is 24.1 Å². The van der Waals surface area contributed by atoms with Gasteiger partial charge in [-0.1, -0.05) is 0 Å². The molecule has 0 N–H and O–H groups in total. The monoisotopic (exact) mass is 359 g/mol. The summed E-state index contributed by atoms with van der Waals surface area (Å²) >= 11 is 0. The van der Waals surface area contributed by atoms with E-state index in [-0.39, 0.29) is 5.91 Å². The maximum atomic E-state index is 14.2. The van der Waals surface area contributed by atoms with Crippen LogP contribution in [-0.4, -0.2) is 42.2 Å². The third kappa shape index (κ3) is 3.07. The van der Waals surface area contributed by atoms with E-state index in [1.807, 2.05) is 32.6 Å². The van der Waals surface area contributed by atoms with Gasteiger partial charge in [0, 0.05) is 18.7 Å². The number of carbonyl (C=O) groups excluding carboxylic acids is 1. The molecule has 0 radical (unpaired) electrons. The van der Waals surface area contributed by atoms with E-state index in [4.69, 9.17) is 9.31 Å². The zero-order valence-corrected chi connectivity index (χ0v) is 16.1. The fourth-order valence-corrected chi connectivity index (χ4v) is 3.89. The molecule has 3 fully saturated rings. The summed E-state index contributed by atoms with van der Waals surface area (Å²) in [6.45, 7) is 9.36. The van der Waals surface area contributed by atoms with Gasteiger partial charge in [-0.3, -0.25) is 4.79 Å². The van der Waals surface area contributed by atoms with Crippen molar-refractivity contribution < 1.29 is 18.5 Å². The molecule has 2 saturated heterocycles. The zero-order chi connectivity index (χ0) is 18.7. The van der Waals surface area contributed by atoms with Gasteiger partial charge < -0.3 is 14.2 Å². The molecule has 1 amide bonds. The van der Waals surface area contributed by atoms with Crippen molar-refractivity contribution in [3.63, 3.8) is 0 Å². The van der Waals surface area contributed by atoms with Gasteiger partial charge >= 0.3 is 7.12 Å². The van der Waals surface area contributed by atoms with Crippen LogP contribution in [0.4, 0.5) is 4.39 Å². The molecule has 4 rings (SSSR count). The lowest BCUT2D eigenvalue weighted by Gasteiger charge is -2.32. The average molecular weight is 359 g/mol. The van der Waals surface area contributed by atoms with Crippen LogP contribution in [0.15, 0.2) is 18.2 Å². The summed E-state index contributed by atoms with van der Waals surface area (Å²) in [5.74, 6) is -0.533. The molecule has 26 heavy (non-hydrogen) atoms. The largest absolute Gasteiger partial charge is 0.494 e. The Labute approximate surface area is 155 Å². The summed E-state index contributed by atoms with van der Waals surface area (Å²) in [6.07, 6.45) is 4.72. The standard InChI is InChI=1S/C20H27BFNO3/c1-18(2)19(3,4)26-21(25-18)15-11-14(12-16(22)13-15)17(24)23-9-7-20(5-6-20)8-10-23/h11-13H,5-10H2,1-4H3. The summed E-state index contributed by atoms with van der Waals surface area (Å²) in [4.78, 5) is 14.7. The number of likely N-dealkylation sites (tertiary alicyclic amines) is 1. The second-order valence-electron chi connectivity index (χ2n) is 9.15. The van der Waals surface area contributed by atoms with E-state index in [1.165, 1.54) is 25.0 Å². The normalized spacial score (nSPS) is 25.6. The molecule has 6 heteroatoms. The van der Waals surface area contributed by atoms with Crippen LogP contribution in [0.1, 0.15) is 63.7 Å². The van der Waals surface area contributed by atoms with Crippen LogP contribution in [-0.2, 0) is 9.31 Å². The third-order valence-electron chi connectivity index (χ3n) is 6.76. The van der Waals surface area contributed by atoms with E-state index in [0.29, 0.717) is 16.4 Å². The maximum Gasteiger partial charge on any atom is 0.494 e. The molecule has 2 heterocycles. The number of piperidine rings is 1. The fraction of sp³-hybridized carbons (Fsp3) is 0.650. The van der Waals surface area contributed by atoms with E-state index in [9.17, 15) is 9.18 Å². The van der Waals surface area contributed by atoms with E-state index in [0.717, 1.165) is 25.9 Å². The third-order valence-corrected chi connectivity index (χ3v) is 6.76. The summed E-state index contributed by atoms with van der Waals surface area (Å²) in [6, 6.07) is 4.43. The van der Waals surface area contributed by atoms with Crippen LogP contribution in [0, 0.1) is 11.2 Å². The molecule has 1 saturated carbocycles. The Morgan fingerprint density at radius 1 is 1.00 bits per heavy atom. The predicted molar refractivity (Wildman–Crippen MR) is 98.9 cm³/mol. The number of rotatable bonds is 2. The number of carbonyl (C=O) groups is 1. The quantitative estimate of drug-likeness (QED) is 0.762. The van der Waals surface area contributed by atoms with Crippen molar-refractivity contribution in [1.29, 1.82) is 0 Å². The van der Waals surface area contributed by atoms with Crippen molar-refractivity contribution in [2.75, 3.05) is 13.1 Å². The van der Waals surface area contributed by atoms with Gasteiger partial charge in [-0.25, -0.2) is 4.39 Å². The highest BCUT2D eigenvalue weighted by Gasteiger charge is 2.52. The Bertz CT molecular complexity index is 719. The topological polar surface area (TPSA) is 38.8 Å². The zero-order valence-electron chi connectivity index (χ0n) is 16.1. The smallest absolute Gasteiger partial charge is 0.399 e. The van der Waals surface area contributed by atoms with Crippen molar-refractivity contribution in [3.05, 3.63) is 29.6 Å². The highest BCUT2D eigenvalue weighted by Crippen LogP contribution is 2.53. The molecule has 0 bridgehead atoms. The predicted octanol–water partition coefficient (Wildman–Crippen LogP) is 3.14. The number of amides is 1. The maximum absolute atomic E-state index is 14.2. The lowest BCUT2D eigenvalue weighted by Crippen LogP contribution is -2.41. The number of halogens is 1. The Morgan fingerprint density at radius 3 is 2.12 bits per heavy atom. The molecule has 0 aromatic heterocycles. The molecule has 2 aliphatic heterocycles. The van der Waals surface area contributed by atoms with Gasteiger partial charge in [0.25, 0.3) is 5.91 Å². The molecule has 0 unspecified atom stereocenters. The SMILES string of the molecule is CC1(C)OB(c2cc(F)cc(C(=O)N3CCC4(CC3)CC4)c2)OC1(C)C. The second kappa shape index (κ2) is 5.80. The number of hydrogen-bond donors (Lipinski definition) is 0. The van der Waals surface area contributed by atoms with Gasteiger partial charge in [0.05, 0.1) is 11.2 Å². The molecule has 1 spiro atoms. The van der Waals surface area contributed by atoms with Gasteiger partial charge in [-0.05, 0) is 82.5 Å². The Balaban J connectivity index is 1.54. The molecular weight excluding hydrogens is 332 g/mol. The molecular formula is C20H27BFNO3. The number of benzene rings is 1. The van der Waals surface area contributed by atoms with Gasteiger partial charge in [0.2, 0.25) is 0 Å². The van der Waals surface area contributed by atoms with E-state index in [2.05, 4.69) is 0 Å². The van der Waals surface area contributed by atoms with Crippen molar-refractivity contribution in [2.24, 2.45) is 5.41 Å². The number of hydrogen-bond acceptors (Lipinski definition) is 3. The molecule has 3 aliphatic rings. The lowest BCUT2D eigenvalue weighted by atomic mass is 9.78. The summed E-state index contributed by atoms with van der Waals surface area (Å²) in [7, 11) is -0.668. The molecule has 140 valence electrons. The first-order valence-corrected chi connectivity index (χ1v) is 9.56. The van der Waals surface area contributed by atoms with Crippen LogP contribution in [0.25, 0.3) is 0 Å². The summed E-state index contributed by atoms with van der Waals surface area (Å²) < 4.78 is 26.3. The van der Waals surface area contributed by atoms with Crippen LogP contribution in [0.5, 0.6) is 0 Å². The molecule has 1 aromatic rings. The first kappa shape index (κ1) is 18.0. The summed E-state index contributed by atoms with van der Waals surface area (Å²) in [5.41, 5.74) is 0.440. The summed E-state index contributed by atoms with van der Waals surface area (Å²) in [5, 5.41) is 0. The minimum absolute atomic E-state index is 0.0993. The van der Waals surface area contributed by atoms with Crippen molar-refractivity contribution >= 4 is 18.5 Å². The van der Waals surface area contributed by atoms with E-state index >= 15 is 0 Å². The van der Waals surface area contributed by atoms with Crippen LogP contribution >= 0.6 is 0 Å². The van der Waals surface area contributed by atoms with Gasteiger partial charge in [-0.15, -0.1) is 0 Å². The van der Waals surface area contributed by atoms with Crippen molar-refractivity contribution in [3.8, 4) is 0 Å². The fourth-order valence-electron chi connectivity index (χ4n) is 3.89. The number of nitrogens with zero attached hydrogens (tertiary/aromatic N) is 1. The molecule has 0 atom stereocenters. The Hall–Kier alpha value is -1.40. The first-order chi connectivity index (χ1) is 12.1. The highest BCUT2D eigenvalue weighted by atomic mass is 19.1. The lowest BCUT2D eigenvalue weighted by molar-refractivity contribution is 0.00578. The van der Waals surface area contributed by atoms with Crippen LogP contribution < -0.4 is 5.46 Å². The van der Waals surface area contributed by atoms with Crippen molar-refractivity contribution in [1.82, 2.24) is 4.90 Å². The van der Waals surface area contributed by atoms with Gasteiger partial charge in [0.15, 0.2) is 0 Å². The van der Waals surface area contributed by atoms with Crippen LogP contribution in [0.3, 0.4) is 0 Å². The molecule has 1 aromatic carbocycles. The molecule has 1 aliphatic carbocycles. The minimum atomic E-state index is -0.668. The Morgan fingerprint density at radius 2 is 1.58 bits per heavy atom. The van der Waals surface area contributed by atoms with Gasteiger partial charge in [0.1, 0.15) is 5.82 Å². The van der Waals surface area contributed by atoms with E-state index in [1.54, 1.807) is 6.07 Å².